The zero-order valence-corrected chi connectivity index (χ0v) is 10.2. The predicted octanol–water partition coefficient (Wildman–Crippen LogP) is 1.96. The van der Waals surface area contributed by atoms with Crippen LogP contribution in [0.25, 0.3) is 6.08 Å². The Labute approximate surface area is 107 Å². The Morgan fingerprint density at radius 2 is 1.94 bits per heavy atom. The van der Waals surface area contributed by atoms with Gasteiger partial charge in [-0.2, -0.15) is 0 Å². The van der Waals surface area contributed by atoms with Crippen molar-refractivity contribution in [2.24, 2.45) is 17.8 Å². The van der Waals surface area contributed by atoms with Gasteiger partial charge in [0.15, 0.2) is 0 Å². The fourth-order valence-electron chi connectivity index (χ4n) is 3.03. The Morgan fingerprint density at radius 3 is 2.56 bits per heavy atom. The molecule has 0 amide bonds. The van der Waals surface area contributed by atoms with E-state index in [-0.39, 0.29) is 5.92 Å². The average molecular weight is 243 g/mol. The quantitative estimate of drug-likeness (QED) is 0.879. The van der Waals surface area contributed by atoms with Crippen LogP contribution >= 0.6 is 0 Å². The fraction of sp³-hybridized carbons (Fsp3) is 0.400. The van der Waals surface area contributed by atoms with Crippen LogP contribution in [0, 0.1) is 17.8 Å². The molecular weight excluding hydrogens is 226 g/mol. The molecule has 0 radical (unpaired) electrons. The summed E-state index contributed by atoms with van der Waals surface area (Å²) in [4.78, 5) is 13.2. The molecule has 1 aliphatic carbocycles. The highest BCUT2D eigenvalue weighted by atomic mass is 16.4. The number of carboxylic acids is 1. The monoisotopic (exact) mass is 243 g/mol. The van der Waals surface area contributed by atoms with Crippen LogP contribution in [0.3, 0.4) is 0 Å². The molecule has 18 heavy (non-hydrogen) atoms. The van der Waals surface area contributed by atoms with Gasteiger partial charge in [-0.15, -0.1) is 0 Å². The zero-order chi connectivity index (χ0) is 12.5. The van der Waals surface area contributed by atoms with E-state index in [1.54, 1.807) is 0 Å². The Kier molecular flexibility index (Phi) is 2.92. The smallest absolute Gasteiger partial charge is 0.307 e. The van der Waals surface area contributed by atoms with E-state index in [1.165, 1.54) is 5.56 Å². The highest BCUT2D eigenvalue weighted by Crippen LogP contribution is 2.51. The summed E-state index contributed by atoms with van der Waals surface area (Å²) in [7, 11) is 0. The van der Waals surface area contributed by atoms with Gasteiger partial charge < -0.3 is 5.11 Å². The third kappa shape index (κ3) is 2.18. The number of carboxylic acid groups (broad SMARTS) is 1. The molecule has 0 bridgehead atoms. The summed E-state index contributed by atoms with van der Waals surface area (Å²) in [5.41, 5.74) is 1.21. The summed E-state index contributed by atoms with van der Waals surface area (Å²) in [6.45, 7) is 2.82. The minimum Gasteiger partial charge on any atom is -0.481 e. The second-order valence-corrected chi connectivity index (χ2v) is 5.22. The molecule has 94 valence electrons. The number of piperidine rings is 1. The molecule has 0 aromatic heterocycles. The third-order valence-electron chi connectivity index (χ3n) is 4.03. The van der Waals surface area contributed by atoms with Crippen molar-refractivity contribution in [3.8, 4) is 0 Å². The number of benzene rings is 1. The number of fused-ring (bicyclic) bond motifs is 1. The summed E-state index contributed by atoms with van der Waals surface area (Å²) in [5, 5.41) is 8.94. The van der Waals surface area contributed by atoms with Crippen molar-refractivity contribution in [2.75, 3.05) is 19.6 Å². The van der Waals surface area contributed by atoms with Crippen molar-refractivity contribution in [2.45, 2.75) is 0 Å². The van der Waals surface area contributed by atoms with Crippen LogP contribution in [0.5, 0.6) is 0 Å². The lowest BCUT2D eigenvalue weighted by Gasteiger charge is -2.15. The number of rotatable bonds is 4. The summed E-state index contributed by atoms with van der Waals surface area (Å²) in [5.74, 6) is 0.157. The Hall–Kier alpha value is -1.61. The van der Waals surface area contributed by atoms with E-state index in [0.29, 0.717) is 11.8 Å². The lowest BCUT2D eigenvalue weighted by atomic mass is 10.2. The summed E-state index contributed by atoms with van der Waals surface area (Å²) in [6, 6.07) is 10.2. The van der Waals surface area contributed by atoms with Crippen molar-refractivity contribution >= 4 is 12.0 Å². The van der Waals surface area contributed by atoms with Crippen LogP contribution in [0.2, 0.25) is 0 Å². The molecule has 3 rings (SSSR count). The minimum atomic E-state index is -0.607. The molecule has 1 N–H and O–H groups in total. The highest BCUT2D eigenvalue weighted by Gasteiger charge is 2.59. The summed E-state index contributed by atoms with van der Waals surface area (Å²) in [6.07, 6.45) is 4.29. The maximum Gasteiger partial charge on any atom is 0.307 e. The van der Waals surface area contributed by atoms with Gasteiger partial charge in [-0.1, -0.05) is 42.5 Å². The van der Waals surface area contributed by atoms with E-state index < -0.39 is 5.97 Å². The van der Waals surface area contributed by atoms with Crippen molar-refractivity contribution in [3.05, 3.63) is 42.0 Å². The van der Waals surface area contributed by atoms with Crippen LogP contribution in [0.1, 0.15) is 5.56 Å². The Morgan fingerprint density at radius 1 is 1.28 bits per heavy atom. The standard InChI is InChI=1S/C15H17NO2/c17-15(18)14-12-9-16(10-13(12)14)8-4-7-11-5-2-1-3-6-11/h1-7,12-14H,8-10H2,(H,17,18)/b7-4+/t12-,13+,14?. The molecule has 2 fully saturated rings. The van der Waals surface area contributed by atoms with Crippen LogP contribution in [0.4, 0.5) is 0 Å². The maximum absolute atomic E-state index is 10.8. The zero-order valence-electron chi connectivity index (χ0n) is 10.2. The SMILES string of the molecule is O=C(O)C1[C@H]2CN(C/C=C/c3ccccc3)C[C@@H]12. The van der Waals surface area contributed by atoms with Gasteiger partial charge in [0.05, 0.1) is 5.92 Å². The molecule has 1 saturated carbocycles. The molecule has 1 aromatic rings. The number of carbonyl (C=O) groups is 1. The van der Waals surface area contributed by atoms with E-state index in [4.69, 9.17) is 5.11 Å². The van der Waals surface area contributed by atoms with E-state index in [9.17, 15) is 4.79 Å². The van der Waals surface area contributed by atoms with E-state index in [0.717, 1.165) is 19.6 Å². The van der Waals surface area contributed by atoms with Gasteiger partial charge in [0.25, 0.3) is 0 Å². The Balaban J connectivity index is 1.47. The first-order valence-electron chi connectivity index (χ1n) is 6.42. The minimum absolute atomic E-state index is 0.0562. The first-order valence-corrected chi connectivity index (χ1v) is 6.42. The second kappa shape index (κ2) is 4.58. The fourth-order valence-corrected chi connectivity index (χ4v) is 3.03. The molecule has 1 heterocycles. The largest absolute Gasteiger partial charge is 0.481 e. The maximum atomic E-state index is 10.8. The second-order valence-electron chi connectivity index (χ2n) is 5.22. The van der Waals surface area contributed by atoms with Crippen LogP contribution < -0.4 is 0 Å². The number of likely N-dealkylation sites (tertiary alicyclic amines) is 1. The lowest BCUT2D eigenvalue weighted by Crippen LogP contribution is -2.26. The molecular formula is C15H17NO2. The molecule has 1 unspecified atom stereocenters. The van der Waals surface area contributed by atoms with Crippen LogP contribution in [-0.4, -0.2) is 35.6 Å². The van der Waals surface area contributed by atoms with Crippen molar-refractivity contribution in [1.82, 2.24) is 4.90 Å². The van der Waals surface area contributed by atoms with Gasteiger partial charge in [0, 0.05) is 19.6 Å². The number of nitrogens with zero attached hydrogens (tertiary/aromatic N) is 1. The van der Waals surface area contributed by atoms with Crippen molar-refractivity contribution in [3.63, 3.8) is 0 Å². The first-order chi connectivity index (χ1) is 8.75. The van der Waals surface area contributed by atoms with Crippen molar-refractivity contribution < 1.29 is 9.90 Å². The number of hydrogen-bond acceptors (Lipinski definition) is 2. The Bertz CT molecular complexity index is 457. The van der Waals surface area contributed by atoms with Crippen LogP contribution in [-0.2, 0) is 4.79 Å². The van der Waals surface area contributed by atoms with E-state index in [2.05, 4.69) is 29.2 Å². The van der Waals surface area contributed by atoms with Gasteiger partial charge in [-0.05, 0) is 17.4 Å². The molecule has 1 saturated heterocycles. The topological polar surface area (TPSA) is 40.5 Å². The van der Waals surface area contributed by atoms with E-state index in [1.807, 2.05) is 18.2 Å². The van der Waals surface area contributed by atoms with Gasteiger partial charge >= 0.3 is 5.97 Å². The van der Waals surface area contributed by atoms with Crippen molar-refractivity contribution in [1.29, 1.82) is 0 Å². The molecule has 3 atom stereocenters. The highest BCUT2D eigenvalue weighted by molar-refractivity contribution is 5.74. The van der Waals surface area contributed by atoms with Crippen LogP contribution in [0.15, 0.2) is 36.4 Å². The third-order valence-corrected chi connectivity index (χ3v) is 4.03. The lowest BCUT2D eigenvalue weighted by molar-refractivity contribution is -0.139. The summed E-state index contributed by atoms with van der Waals surface area (Å²) >= 11 is 0. The molecule has 3 heteroatoms. The molecule has 3 nitrogen and oxygen atoms in total. The number of aliphatic carboxylic acids is 1. The first kappa shape index (κ1) is 11.5. The molecule has 1 aliphatic heterocycles. The van der Waals surface area contributed by atoms with Gasteiger partial charge in [-0.3, -0.25) is 9.69 Å². The van der Waals surface area contributed by atoms with Gasteiger partial charge in [0.1, 0.15) is 0 Å². The molecule has 1 aromatic carbocycles. The normalized spacial score (nSPS) is 30.6. The number of hydrogen-bond donors (Lipinski definition) is 1. The molecule has 2 aliphatic rings. The average Bonchev–Trinajstić information content (AvgIpc) is 2.89. The predicted molar refractivity (Wildman–Crippen MR) is 70.0 cm³/mol. The molecule has 0 spiro atoms. The van der Waals surface area contributed by atoms with E-state index >= 15 is 0 Å². The van der Waals surface area contributed by atoms with Gasteiger partial charge in [-0.25, -0.2) is 0 Å². The van der Waals surface area contributed by atoms with Gasteiger partial charge in [0.2, 0.25) is 0 Å². The summed E-state index contributed by atoms with van der Waals surface area (Å²) < 4.78 is 0.